The molecule has 6 nitrogen and oxygen atoms in total. The minimum absolute atomic E-state index is 0.0608. The summed E-state index contributed by atoms with van der Waals surface area (Å²) in [4.78, 5) is 37.7. The second kappa shape index (κ2) is 9.42. The SMILES string of the molecule is CCC(=O)N1CCCC(C(=O)NCCNC(=O)c2ccc(Cl)cc2)C1. The zero-order valence-electron chi connectivity index (χ0n) is 14.4. The van der Waals surface area contributed by atoms with Crippen molar-refractivity contribution in [2.45, 2.75) is 26.2 Å². The number of likely N-dealkylation sites (tertiary alicyclic amines) is 1. The number of nitrogens with one attached hydrogen (secondary N) is 2. The van der Waals surface area contributed by atoms with Crippen LogP contribution in [0.2, 0.25) is 5.02 Å². The Bertz CT molecular complexity index is 618. The lowest BCUT2D eigenvalue weighted by molar-refractivity contribution is -0.135. The molecular formula is C18H24ClN3O3. The van der Waals surface area contributed by atoms with Crippen LogP contribution in [0.1, 0.15) is 36.5 Å². The third kappa shape index (κ3) is 5.74. The van der Waals surface area contributed by atoms with Gasteiger partial charge in [-0.05, 0) is 37.1 Å². The quantitative estimate of drug-likeness (QED) is 0.755. The maximum absolute atomic E-state index is 12.2. The Hall–Kier alpha value is -2.08. The van der Waals surface area contributed by atoms with Gasteiger partial charge in [0, 0.05) is 43.2 Å². The molecule has 25 heavy (non-hydrogen) atoms. The fourth-order valence-electron chi connectivity index (χ4n) is 2.85. The van der Waals surface area contributed by atoms with E-state index < -0.39 is 0 Å². The van der Waals surface area contributed by atoms with Crippen molar-refractivity contribution in [1.29, 1.82) is 0 Å². The van der Waals surface area contributed by atoms with Gasteiger partial charge in [-0.2, -0.15) is 0 Å². The maximum Gasteiger partial charge on any atom is 0.251 e. The van der Waals surface area contributed by atoms with Crippen molar-refractivity contribution in [3.63, 3.8) is 0 Å². The fourth-order valence-corrected chi connectivity index (χ4v) is 2.98. The van der Waals surface area contributed by atoms with Gasteiger partial charge >= 0.3 is 0 Å². The van der Waals surface area contributed by atoms with Gasteiger partial charge in [0.1, 0.15) is 0 Å². The molecule has 1 atom stereocenters. The first-order valence-corrected chi connectivity index (χ1v) is 8.98. The smallest absolute Gasteiger partial charge is 0.251 e. The van der Waals surface area contributed by atoms with E-state index in [0.717, 1.165) is 19.4 Å². The van der Waals surface area contributed by atoms with E-state index in [1.54, 1.807) is 29.2 Å². The van der Waals surface area contributed by atoms with Crippen molar-refractivity contribution in [1.82, 2.24) is 15.5 Å². The molecular weight excluding hydrogens is 342 g/mol. The van der Waals surface area contributed by atoms with Crippen molar-refractivity contribution >= 4 is 29.3 Å². The summed E-state index contributed by atoms with van der Waals surface area (Å²) >= 11 is 5.79. The Morgan fingerprint density at radius 2 is 1.84 bits per heavy atom. The molecule has 1 unspecified atom stereocenters. The molecule has 1 aliphatic heterocycles. The second-order valence-corrected chi connectivity index (χ2v) is 6.52. The first kappa shape index (κ1) is 19.2. The summed E-state index contributed by atoms with van der Waals surface area (Å²) < 4.78 is 0. The molecule has 1 aromatic carbocycles. The van der Waals surface area contributed by atoms with Crippen LogP contribution in [0.3, 0.4) is 0 Å². The average Bonchev–Trinajstić information content (AvgIpc) is 2.64. The number of carbonyl (C=O) groups is 3. The lowest BCUT2D eigenvalue weighted by Crippen LogP contribution is -2.46. The van der Waals surface area contributed by atoms with Crippen LogP contribution in [0.5, 0.6) is 0 Å². The van der Waals surface area contributed by atoms with E-state index in [2.05, 4.69) is 10.6 Å². The highest BCUT2D eigenvalue weighted by Gasteiger charge is 2.27. The molecule has 2 N–H and O–H groups in total. The second-order valence-electron chi connectivity index (χ2n) is 6.09. The van der Waals surface area contributed by atoms with E-state index >= 15 is 0 Å². The van der Waals surface area contributed by atoms with Gasteiger partial charge in [-0.3, -0.25) is 14.4 Å². The first-order valence-electron chi connectivity index (χ1n) is 8.60. The lowest BCUT2D eigenvalue weighted by atomic mass is 9.97. The number of benzene rings is 1. The summed E-state index contributed by atoms with van der Waals surface area (Å²) in [5.41, 5.74) is 0.525. The summed E-state index contributed by atoms with van der Waals surface area (Å²) in [5, 5.41) is 6.16. The summed E-state index contributed by atoms with van der Waals surface area (Å²) in [6.07, 6.45) is 2.10. The summed E-state index contributed by atoms with van der Waals surface area (Å²) in [7, 11) is 0. The number of carbonyl (C=O) groups excluding carboxylic acids is 3. The maximum atomic E-state index is 12.2. The molecule has 1 fully saturated rings. The topological polar surface area (TPSA) is 78.5 Å². The fraction of sp³-hybridized carbons (Fsp3) is 0.500. The van der Waals surface area contributed by atoms with E-state index in [0.29, 0.717) is 36.6 Å². The average molecular weight is 366 g/mol. The van der Waals surface area contributed by atoms with Crippen LogP contribution in [-0.4, -0.2) is 48.8 Å². The van der Waals surface area contributed by atoms with E-state index in [1.807, 2.05) is 6.92 Å². The van der Waals surface area contributed by atoms with E-state index in [1.165, 1.54) is 0 Å². The van der Waals surface area contributed by atoms with Crippen LogP contribution in [0.4, 0.5) is 0 Å². The van der Waals surface area contributed by atoms with Crippen LogP contribution >= 0.6 is 11.6 Å². The summed E-state index contributed by atoms with van der Waals surface area (Å²) in [6, 6.07) is 6.62. The Kier molecular flexibility index (Phi) is 7.25. The predicted octanol–water partition coefficient (Wildman–Crippen LogP) is 1.83. The molecule has 0 spiro atoms. The number of hydrogen-bond donors (Lipinski definition) is 2. The lowest BCUT2D eigenvalue weighted by Gasteiger charge is -2.31. The third-order valence-electron chi connectivity index (χ3n) is 4.26. The number of halogens is 1. The molecule has 1 saturated heterocycles. The van der Waals surface area contributed by atoms with Crippen molar-refractivity contribution in [3.8, 4) is 0 Å². The number of hydrogen-bond acceptors (Lipinski definition) is 3. The van der Waals surface area contributed by atoms with Gasteiger partial charge in [-0.1, -0.05) is 18.5 Å². The molecule has 0 aromatic heterocycles. The summed E-state index contributed by atoms with van der Waals surface area (Å²) in [6.45, 7) is 3.74. The minimum atomic E-state index is -0.205. The first-order chi connectivity index (χ1) is 12.0. The molecule has 1 aliphatic rings. The van der Waals surface area contributed by atoms with Crippen molar-refractivity contribution in [2.75, 3.05) is 26.2 Å². The van der Waals surface area contributed by atoms with Gasteiger partial charge in [0.05, 0.1) is 5.92 Å². The molecule has 0 radical (unpaired) electrons. The normalized spacial score (nSPS) is 17.0. The molecule has 1 heterocycles. The third-order valence-corrected chi connectivity index (χ3v) is 4.52. The monoisotopic (exact) mass is 365 g/mol. The van der Waals surface area contributed by atoms with Gasteiger partial charge in [0.15, 0.2) is 0 Å². The molecule has 0 bridgehead atoms. The summed E-state index contributed by atoms with van der Waals surface area (Å²) in [5.74, 6) is -0.346. The van der Waals surface area contributed by atoms with Gasteiger partial charge in [-0.15, -0.1) is 0 Å². The number of nitrogens with zero attached hydrogens (tertiary/aromatic N) is 1. The molecule has 2 rings (SSSR count). The van der Waals surface area contributed by atoms with Crippen LogP contribution in [0.15, 0.2) is 24.3 Å². The molecule has 7 heteroatoms. The standard InChI is InChI=1S/C18H24ClN3O3/c1-2-16(23)22-11-3-4-14(12-22)18(25)21-10-9-20-17(24)13-5-7-15(19)8-6-13/h5-8,14H,2-4,9-12H2,1H3,(H,20,24)(H,21,25). The van der Waals surface area contributed by atoms with Crippen LogP contribution in [0.25, 0.3) is 0 Å². The van der Waals surface area contributed by atoms with Gasteiger partial charge in [0.2, 0.25) is 11.8 Å². The van der Waals surface area contributed by atoms with Gasteiger partial charge < -0.3 is 15.5 Å². The van der Waals surface area contributed by atoms with Crippen LogP contribution < -0.4 is 10.6 Å². The van der Waals surface area contributed by atoms with Crippen molar-refractivity contribution in [3.05, 3.63) is 34.9 Å². The zero-order valence-corrected chi connectivity index (χ0v) is 15.1. The Balaban J connectivity index is 1.70. The largest absolute Gasteiger partial charge is 0.354 e. The zero-order chi connectivity index (χ0) is 18.2. The number of amides is 3. The Labute approximate surface area is 152 Å². The Morgan fingerprint density at radius 3 is 2.52 bits per heavy atom. The van der Waals surface area contributed by atoms with E-state index in [4.69, 9.17) is 11.6 Å². The van der Waals surface area contributed by atoms with Crippen LogP contribution in [0, 0.1) is 5.92 Å². The number of rotatable bonds is 6. The molecule has 0 aliphatic carbocycles. The highest BCUT2D eigenvalue weighted by molar-refractivity contribution is 6.30. The van der Waals surface area contributed by atoms with Crippen molar-refractivity contribution < 1.29 is 14.4 Å². The number of piperidine rings is 1. The van der Waals surface area contributed by atoms with Crippen LogP contribution in [-0.2, 0) is 9.59 Å². The van der Waals surface area contributed by atoms with Gasteiger partial charge in [0.25, 0.3) is 5.91 Å². The highest BCUT2D eigenvalue weighted by Crippen LogP contribution is 2.17. The highest BCUT2D eigenvalue weighted by atomic mass is 35.5. The van der Waals surface area contributed by atoms with E-state index in [-0.39, 0.29) is 23.6 Å². The molecule has 1 aromatic rings. The molecule has 0 saturated carbocycles. The minimum Gasteiger partial charge on any atom is -0.354 e. The Morgan fingerprint density at radius 1 is 1.16 bits per heavy atom. The van der Waals surface area contributed by atoms with Crippen molar-refractivity contribution in [2.24, 2.45) is 5.92 Å². The molecule has 3 amide bonds. The molecule has 136 valence electrons. The van der Waals surface area contributed by atoms with E-state index in [9.17, 15) is 14.4 Å². The van der Waals surface area contributed by atoms with Gasteiger partial charge in [-0.25, -0.2) is 0 Å². The predicted molar refractivity (Wildman–Crippen MR) is 96.4 cm³/mol.